The molecule has 0 radical (unpaired) electrons. The second-order valence-electron chi connectivity index (χ2n) is 5.26. The topological polar surface area (TPSA) is 57.6 Å². The van der Waals surface area contributed by atoms with Crippen LogP contribution in [0.2, 0.25) is 0 Å². The first kappa shape index (κ1) is 11.3. The van der Waals surface area contributed by atoms with E-state index in [1.807, 2.05) is 24.3 Å². The van der Waals surface area contributed by atoms with Crippen molar-refractivity contribution in [3.05, 3.63) is 29.8 Å². The van der Waals surface area contributed by atoms with Crippen molar-refractivity contribution >= 4 is 17.6 Å². The molecule has 1 aliphatic heterocycles. The van der Waals surface area contributed by atoms with E-state index in [-0.39, 0.29) is 11.8 Å². The summed E-state index contributed by atoms with van der Waals surface area (Å²) in [6.07, 6.45) is 2.08. The average molecular weight is 245 g/mol. The number of anilines is 1. The minimum atomic E-state index is -1.09. The van der Waals surface area contributed by atoms with Crippen molar-refractivity contribution in [1.29, 1.82) is 0 Å². The summed E-state index contributed by atoms with van der Waals surface area (Å²) < 4.78 is 0. The van der Waals surface area contributed by atoms with Gasteiger partial charge in [0, 0.05) is 5.69 Å². The zero-order chi connectivity index (χ0) is 12.9. The molecule has 2 aliphatic rings. The van der Waals surface area contributed by atoms with Crippen LogP contribution in [0.3, 0.4) is 0 Å². The van der Waals surface area contributed by atoms with Gasteiger partial charge >= 0.3 is 5.97 Å². The van der Waals surface area contributed by atoms with Gasteiger partial charge in [0.05, 0.1) is 6.42 Å². The van der Waals surface area contributed by atoms with E-state index in [4.69, 9.17) is 0 Å². The van der Waals surface area contributed by atoms with Crippen LogP contribution in [0.4, 0.5) is 5.69 Å². The van der Waals surface area contributed by atoms with Crippen molar-refractivity contribution in [2.75, 3.05) is 4.90 Å². The quantitative estimate of drug-likeness (QED) is 0.883. The summed E-state index contributed by atoms with van der Waals surface area (Å²) >= 11 is 0. The van der Waals surface area contributed by atoms with Crippen molar-refractivity contribution in [1.82, 2.24) is 0 Å². The molecular formula is C14H15NO3. The van der Waals surface area contributed by atoms with Gasteiger partial charge in [-0.3, -0.25) is 9.69 Å². The number of hydrogen-bond acceptors (Lipinski definition) is 2. The smallest absolute Gasteiger partial charge is 0.330 e. The highest BCUT2D eigenvalue weighted by atomic mass is 16.4. The molecule has 1 N–H and O–H groups in total. The molecule has 1 unspecified atom stereocenters. The van der Waals surface area contributed by atoms with E-state index in [0.29, 0.717) is 6.42 Å². The number of para-hydroxylation sites is 1. The van der Waals surface area contributed by atoms with Gasteiger partial charge in [0.1, 0.15) is 5.54 Å². The standard InChI is InChI=1S/C14H15NO3/c1-14(13(17)18,10-6-7-10)15-11-5-3-2-4-9(11)8-12(15)16/h2-5,10H,6-8H2,1H3,(H,17,18). The molecule has 1 saturated carbocycles. The summed E-state index contributed by atoms with van der Waals surface area (Å²) in [5, 5.41) is 9.55. The lowest BCUT2D eigenvalue weighted by Crippen LogP contribution is -2.56. The van der Waals surface area contributed by atoms with Gasteiger partial charge < -0.3 is 5.11 Å². The number of fused-ring (bicyclic) bond motifs is 1. The number of carbonyl (C=O) groups is 2. The van der Waals surface area contributed by atoms with Crippen LogP contribution >= 0.6 is 0 Å². The van der Waals surface area contributed by atoms with Crippen molar-refractivity contribution < 1.29 is 14.7 Å². The fourth-order valence-electron chi connectivity index (χ4n) is 2.86. The molecule has 1 aliphatic carbocycles. The Bertz CT molecular complexity index is 536. The summed E-state index contributed by atoms with van der Waals surface area (Å²) in [4.78, 5) is 25.3. The molecule has 1 aromatic rings. The van der Waals surface area contributed by atoms with Crippen LogP contribution < -0.4 is 4.90 Å². The highest BCUT2D eigenvalue weighted by molar-refractivity contribution is 6.07. The minimum absolute atomic E-state index is 0.0742. The van der Waals surface area contributed by atoms with Crippen molar-refractivity contribution in [2.24, 2.45) is 5.92 Å². The Balaban J connectivity index is 2.10. The minimum Gasteiger partial charge on any atom is -0.479 e. The average Bonchev–Trinajstić information content (AvgIpc) is 3.11. The van der Waals surface area contributed by atoms with Gasteiger partial charge in [-0.15, -0.1) is 0 Å². The number of carboxylic acid groups (broad SMARTS) is 1. The first-order valence-corrected chi connectivity index (χ1v) is 6.19. The number of rotatable bonds is 3. The second-order valence-corrected chi connectivity index (χ2v) is 5.26. The van der Waals surface area contributed by atoms with E-state index in [1.165, 1.54) is 4.90 Å². The molecule has 1 heterocycles. The molecule has 4 heteroatoms. The van der Waals surface area contributed by atoms with Crippen LogP contribution in [0.5, 0.6) is 0 Å². The number of nitrogens with zero attached hydrogens (tertiary/aromatic N) is 1. The highest BCUT2D eigenvalue weighted by Gasteiger charge is 2.55. The summed E-state index contributed by atoms with van der Waals surface area (Å²) in [6, 6.07) is 7.46. The molecule has 0 saturated heterocycles. The lowest BCUT2D eigenvalue weighted by atomic mass is 9.93. The van der Waals surface area contributed by atoms with Crippen LogP contribution in [0, 0.1) is 5.92 Å². The number of carbonyl (C=O) groups excluding carboxylic acids is 1. The summed E-state index contributed by atoms with van der Waals surface area (Å²) in [7, 11) is 0. The number of hydrogen-bond donors (Lipinski definition) is 1. The fraction of sp³-hybridized carbons (Fsp3) is 0.429. The third-order valence-electron chi connectivity index (χ3n) is 4.09. The molecule has 18 heavy (non-hydrogen) atoms. The zero-order valence-electron chi connectivity index (χ0n) is 10.2. The largest absolute Gasteiger partial charge is 0.479 e. The zero-order valence-corrected chi connectivity index (χ0v) is 10.2. The Hall–Kier alpha value is -1.84. The van der Waals surface area contributed by atoms with E-state index >= 15 is 0 Å². The predicted molar refractivity (Wildman–Crippen MR) is 66.4 cm³/mol. The van der Waals surface area contributed by atoms with Crippen molar-refractivity contribution in [2.45, 2.75) is 31.7 Å². The summed E-state index contributed by atoms with van der Waals surface area (Å²) in [5.41, 5.74) is 0.596. The van der Waals surface area contributed by atoms with E-state index in [2.05, 4.69) is 0 Å². The maximum atomic E-state index is 12.2. The number of amides is 1. The maximum Gasteiger partial charge on any atom is 0.330 e. The van der Waals surface area contributed by atoms with Crippen LogP contribution in [0.25, 0.3) is 0 Å². The SMILES string of the molecule is CC(C(=O)O)(C1CC1)N1C(=O)Cc2ccccc21. The summed E-state index contributed by atoms with van der Waals surface area (Å²) in [5.74, 6) is -0.937. The van der Waals surface area contributed by atoms with Gasteiger partial charge in [0.15, 0.2) is 0 Å². The molecule has 0 spiro atoms. The third kappa shape index (κ3) is 1.38. The van der Waals surface area contributed by atoms with Gasteiger partial charge in [0.25, 0.3) is 0 Å². The van der Waals surface area contributed by atoms with E-state index in [9.17, 15) is 14.7 Å². The van der Waals surface area contributed by atoms with Crippen molar-refractivity contribution in [3.63, 3.8) is 0 Å². The molecule has 1 amide bonds. The van der Waals surface area contributed by atoms with E-state index in [1.54, 1.807) is 6.92 Å². The van der Waals surface area contributed by atoms with Gasteiger partial charge in [0.2, 0.25) is 5.91 Å². The van der Waals surface area contributed by atoms with Gasteiger partial charge in [-0.1, -0.05) is 18.2 Å². The first-order valence-electron chi connectivity index (χ1n) is 6.19. The molecule has 1 aromatic carbocycles. The van der Waals surface area contributed by atoms with Crippen LogP contribution in [0.1, 0.15) is 25.3 Å². The molecule has 94 valence electrons. The lowest BCUT2D eigenvalue weighted by Gasteiger charge is -2.35. The Morgan fingerprint density at radius 3 is 2.67 bits per heavy atom. The molecular weight excluding hydrogens is 230 g/mol. The molecule has 1 atom stereocenters. The second kappa shape index (κ2) is 3.57. The maximum absolute atomic E-state index is 12.2. The molecule has 0 bridgehead atoms. The molecule has 1 fully saturated rings. The Morgan fingerprint density at radius 1 is 1.39 bits per heavy atom. The number of benzene rings is 1. The van der Waals surface area contributed by atoms with Gasteiger partial charge in [-0.25, -0.2) is 4.79 Å². The highest BCUT2D eigenvalue weighted by Crippen LogP contribution is 2.47. The predicted octanol–water partition coefficient (Wildman–Crippen LogP) is 1.83. The van der Waals surface area contributed by atoms with Gasteiger partial charge in [-0.2, -0.15) is 0 Å². The van der Waals surface area contributed by atoms with E-state index < -0.39 is 11.5 Å². The number of aliphatic carboxylic acids is 1. The van der Waals surface area contributed by atoms with Crippen LogP contribution in [-0.2, 0) is 16.0 Å². The molecule has 0 aromatic heterocycles. The third-order valence-corrected chi connectivity index (χ3v) is 4.09. The molecule has 3 rings (SSSR count). The van der Waals surface area contributed by atoms with Gasteiger partial charge in [-0.05, 0) is 37.3 Å². The fourth-order valence-corrected chi connectivity index (χ4v) is 2.86. The summed E-state index contributed by atoms with van der Waals surface area (Å²) in [6.45, 7) is 1.67. The monoisotopic (exact) mass is 245 g/mol. The first-order chi connectivity index (χ1) is 8.55. The normalized spacial score (nSPS) is 21.6. The van der Waals surface area contributed by atoms with Crippen molar-refractivity contribution in [3.8, 4) is 0 Å². The Kier molecular flexibility index (Phi) is 2.24. The number of carboxylic acids is 1. The lowest BCUT2D eigenvalue weighted by molar-refractivity contribution is -0.145. The van der Waals surface area contributed by atoms with Crippen LogP contribution in [-0.4, -0.2) is 22.5 Å². The Labute approximate surface area is 105 Å². The molecule has 4 nitrogen and oxygen atoms in total. The Morgan fingerprint density at radius 2 is 2.06 bits per heavy atom. The van der Waals surface area contributed by atoms with E-state index in [0.717, 1.165) is 24.1 Å². The van der Waals surface area contributed by atoms with Crippen LogP contribution in [0.15, 0.2) is 24.3 Å².